The molecule has 0 fully saturated rings. The number of hydrogen-bond donors (Lipinski definition) is 1. The van der Waals surface area contributed by atoms with E-state index in [0.29, 0.717) is 12.8 Å². The molecule has 0 heterocycles. The summed E-state index contributed by atoms with van der Waals surface area (Å²) < 4.78 is 39.3. The standard InChI is InChI=1S/C22H42F3N3O2/c1-3-5-7-9-11-13-15-17-19-21(29)26-27(28(23,24)25)22(30)20-18-16-14-12-10-8-6-4-2/h3-20H2,1-2H3/p+1. The Bertz CT molecular complexity index is 446. The normalized spacial score (nSPS) is 11.5. The largest absolute Gasteiger partial charge is 0.371 e. The number of carbonyl (C=O) groups is 2. The average molecular weight is 439 g/mol. The molecule has 1 N–H and O–H groups in total. The minimum atomic E-state index is -4.21. The highest BCUT2D eigenvalue weighted by atomic mass is 19.6. The third-order valence-electron chi connectivity index (χ3n) is 5.20. The molecule has 5 nitrogen and oxygen atoms in total. The summed E-state index contributed by atoms with van der Waals surface area (Å²) in [6, 6.07) is 0. The number of amides is 2. The van der Waals surface area contributed by atoms with E-state index in [1.54, 1.807) is 5.43 Å². The van der Waals surface area contributed by atoms with E-state index in [9.17, 15) is 23.0 Å². The van der Waals surface area contributed by atoms with Crippen molar-refractivity contribution in [2.75, 3.05) is 0 Å². The van der Waals surface area contributed by atoms with Crippen molar-refractivity contribution in [2.45, 2.75) is 129 Å². The quantitative estimate of drug-likeness (QED) is 0.131. The van der Waals surface area contributed by atoms with Gasteiger partial charge in [-0.15, -0.1) is 0 Å². The topological polar surface area (TPSA) is 49.4 Å². The van der Waals surface area contributed by atoms with Gasteiger partial charge < -0.3 is 0 Å². The Labute approximate surface area is 180 Å². The van der Waals surface area contributed by atoms with Crippen LogP contribution in [-0.4, -0.2) is 22.2 Å². The summed E-state index contributed by atoms with van der Waals surface area (Å²) in [6.07, 6.45) is 15.7. The number of hydrazine groups is 1. The third-order valence-corrected chi connectivity index (χ3v) is 5.20. The first kappa shape index (κ1) is 28.7. The summed E-state index contributed by atoms with van der Waals surface area (Å²) in [4.78, 5) is 23.8. The van der Waals surface area contributed by atoms with Gasteiger partial charge in [-0.3, -0.25) is 9.59 Å². The van der Waals surface area contributed by atoms with Gasteiger partial charge in [-0.1, -0.05) is 104 Å². The van der Waals surface area contributed by atoms with Crippen molar-refractivity contribution in [3.8, 4) is 0 Å². The lowest BCUT2D eigenvalue weighted by atomic mass is 10.1. The Morgan fingerprint density at radius 3 is 1.40 bits per heavy atom. The third kappa shape index (κ3) is 16.5. The van der Waals surface area contributed by atoms with Crippen molar-refractivity contribution in [1.29, 1.82) is 0 Å². The number of rotatable bonds is 19. The van der Waals surface area contributed by atoms with Gasteiger partial charge in [-0.2, -0.15) is 0 Å². The average Bonchev–Trinajstić information content (AvgIpc) is 2.69. The molecule has 0 saturated heterocycles. The van der Waals surface area contributed by atoms with E-state index < -0.39 is 22.2 Å². The van der Waals surface area contributed by atoms with Crippen molar-refractivity contribution in [2.24, 2.45) is 0 Å². The van der Waals surface area contributed by atoms with Crippen molar-refractivity contribution >= 4 is 11.8 Å². The highest BCUT2D eigenvalue weighted by Gasteiger charge is 2.47. The van der Waals surface area contributed by atoms with Crippen LogP contribution in [0.3, 0.4) is 0 Å². The molecule has 0 saturated carbocycles. The van der Waals surface area contributed by atoms with E-state index in [-0.39, 0.29) is 12.8 Å². The summed E-state index contributed by atoms with van der Waals surface area (Å²) in [5.74, 6) is -1.88. The molecule has 0 aromatic heterocycles. The Balaban J connectivity index is 4.05. The van der Waals surface area contributed by atoms with Crippen LogP contribution in [0.1, 0.15) is 129 Å². The minimum absolute atomic E-state index is 0.00347. The van der Waals surface area contributed by atoms with Crippen molar-refractivity contribution < 1.29 is 28.3 Å². The molecule has 2 amide bonds. The predicted molar refractivity (Wildman–Crippen MR) is 113 cm³/mol. The van der Waals surface area contributed by atoms with Crippen molar-refractivity contribution in [1.82, 2.24) is 10.5 Å². The molecule has 0 aliphatic heterocycles. The van der Waals surface area contributed by atoms with Crippen LogP contribution in [0.25, 0.3) is 0 Å². The Kier molecular flexibility index (Phi) is 17.7. The molecule has 0 unspecified atom stereocenters. The second-order valence-corrected chi connectivity index (χ2v) is 8.11. The molecule has 0 aromatic carbocycles. The molecule has 0 aromatic rings. The van der Waals surface area contributed by atoms with E-state index in [1.165, 1.54) is 38.5 Å². The number of halogens is 3. The highest BCUT2D eigenvalue weighted by Crippen LogP contribution is 2.18. The number of unbranched alkanes of at least 4 members (excludes halogenated alkanes) is 14. The molecule has 0 radical (unpaired) electrons. The van der Waals surface area contributed by atoms with Gasteiger partial charge in [0.05, 0.1) is 0 Å². The van der Waals surface area contributed by atoms with E-state index in [1.807, 2.05) is 0 Å². The fourth-order valence-electron chi connectivity index (χ4n) is 3.35. The van der Waals surface area contributed by atoms with Gasteiger partial charge >= 0.3 is 11.2 Å². The Morgan fingerprint density at radius 2 is 1.00 bits per heavy atom. The van der Waals surface area contributed by atoms with Crippen LogP contribution in [0.4, 0.5) is 13.4 Å². The molecule has 0 bridgehead atoms. The van der Waals surface area contributed by atoms with Crippen LogP contribution in [0.5, 0.6) is 0 Å². The summed E-state index contributed by atoms with van der Waals surface area (Å²) in [5.41, 5.74) is 1.74. The van der Waals surface area contributed by atoms with Crippen LogP contribution in [0.15, 0.2) is 0 Å². The SMILES string of the molecule is CCCCCCCCCCC(=O)NN(C(=O)CCCCCCCCCC)[N+](F)(F)F. The molecule has 0 aliphatic rings. The lowest BCUT2D eigenvalue weighted by Gasteiger charge is -2.18. The van der Waals surface area contributed by atoms with Crippen LogP contribution >= 0.6 is 0 Å². The number of nitrogens with zero attached hydrogens (tertiary/aromatic N) is 2. The zero-order valence-corrected chi connectivity index (χ0v) is 19.1. The monoisotopic (exact) mass is 438 g/mol. The van der Waals surface area contributed by atoms with Gasteiger partial charge in [0.15, 0.2) is 0 Å². The number of hydrogen-bond acceptors (Lipinski definition) is 2. The van der Waals surface area contributed by atoms with Gasteiger partial charge in [-0.05, 0) is 12.8 Å². The molecule has 0 aliphatic carbocycles. The molecule has 30 heavy (non-hydrogen) atoms. The minimum Gasteiger partial charge on any atom is -0.273 e. The zero-order valence-electron chi connectivity index (χ0n) is 19.1. The van der Waals surface area contributed by atoms with Crippen LogP contribution in [0.2, 0.25) is 0 Å². The molecule has 0 rings (SSSR count). The molecular formula is C22H43F3N3O2+. The van der Waals surface area contributed by atoms with Gasteiger partial charge in [-0.25, -0.2) is 5.43 Å². The van der Waals surface area contributed by atoms with E-state index in [0.717, 1.165) is 51.4 Å². The first-order chi connectivity index (χ1) is 14.3. The van der Waals surface area contributed by atoms with Gasteiger partial charge in [0, 0.05) is 18.0 Å². The van der Waals surface area contributed by atoms with E-state index >= 15 is 0 Å². The fraction of sp³-hybridized carbons (Fsp3) is 0.909. The van der Waals surface area contributed by atoms with E-state index in [2.05, 4.69) is 13.8 Å². The summed E-state index contributed by atoms with van der Waals surface area (Å²) >= 11 is 0. The van der Waals surface area contributed by atoms with Crippen LogP contribution in [-0.2, 0) is 9.59 Å². The second kappa shape index (κ2) is 18.5. The number of nitrogens with one attached hydrogen (secondary N) is 1. The lowest BCUT2D eigenvalue weighted by Crippen LogP contribution is -2.56. The number of quaternary nitrogens is 1. The molecule has 8 heteroatoms. The van der Waals surface area contributed by atoms with Crippen LogP contribution in [0, 0.1) is 0 Å². The van der Waals surface area contributed by atoms with Crippen molar-refractivity contribution in [3.63, 3.8) is 0 Å². The first-order valence-electron chi connectivity index (χ1n) is 11.9. The van der Waals surface area contributed by atoms with Gasteiger partial charge in [0.25, 0.3) is 0 Å². The fourth-order valence-corrected chi connectivity index (χ4v) is 3.35. The maximum Gasteiger partial charge on any atom is 0.371 e. The van der Waals surface area contributed by atoms with Gasteiger partial charge in [0.1, 0.15) is 13.4 Å². The maximum absolute atomic E-state index is 13.1. The first-order valence-corrected chi connectivity index (χ1v) is 11.9. The molecule has 178 valence electrons. The second-order valence-electron chi connectivity index (χ2n) is 8.11. The molecule has 0 spiro atoms. The smallest absolute Gasteiger partial charge is 0.273 e. The Hall–Kier alpha value is -1.31. The predicted octanol–water partition coefficient (Wildman–Crippen LogP) is 7.29. The highest BCUT2D eigenvalue weighted by molar-refractivity contribution is 5.81. The summed E-state index contributed by atoms with van der Waals surface area (Å²) in [7, 11) is 0. The summed E-state index contributed by atoms with van der Waals surface area (Å²) in [6.45, 7) is 4.30. The van der Waals surface area contributed by atoms with Crippen molar-refractivity contribution in [3.05, 3.63) is 0 Å². The Morgan fingerprint density at radius 1 is 0.633 bits per heavy atom. The molecular weight excluding hydrogens is 395 g/mol. The maximum atomic E-state index is 13.1. The van der Waals surface area contributed by atoms with Crippen LogP contribution < -0.4 is 5.43 Å². The molecule has 0 atom stereocenters. The summed E-state index contributed by atoms with van der Waals surface area (Å²) in [5, 5.41) is -4.70. The van der Waals surface area contributed by atoms with Gasteiger partial charge in [0.2, 0.25) is 5.91 Å². The zero-order chi connectivity index (χ0) is 22.7. The van der Waals surface area contributed by atoms with E-state index in [4.69, 9.17) is 0 Å². The number of carbonyl (C=O) groups excluding carboxylic acids is 2. The lowest BCUT2D eigenvalue weighted by molar-refractivity contribution is -1.34.